The molecule has 0 aliphatic rings. The summed E-state index contributed by atoms with van der Waals surface area (Å²) in [6, 6.07) is 2.85. The fourth-order valence-corrected chi connectivity index (χ4v) is 1.71. The fraction of sp³-hybridized carbons (Fsp3) is 0.923. The van der Waals surface area contributed by atoms with Crippen LogP contribution in [0.3, 0.4) is 0 Å². The molecule has 0 heterocycles. The first-order valence-corrected chi connectivity index (χ1v) is 6.33. The Hall–Kier alpha value is -0.550. The van der Waals surface area contributed by atoms with Crippen molar-refractivity contribution < 1.29 is 0 Å². The lowest BCUT2D eigenvalue weighted by molar-refractivity contribution is 0.213. The standard InChI is InChI=1S/C13H26N2/c1-4-5-8-11-15(13(2)3)12-9-6-7-10-14/h13H,4-9,11-12H2,1-3H3. The molecule has 0 bridgehead atoms. The van der Waals surface area contributed by atoms with Crippen LogP contribution in [0.25, 0.3) is 0 Å². The monoisotopic (exact) mass is 210 g/mol. The van der Waals surface area contributed by atoms with Gasteiger partial charge in [-0.05, 0) is 46.2 Å². The minimum absolute atomic E-state index is 0.643. The summed E-state index contributed by atoms with van der Waals surface area (Å²) in [6.45, 7) is 9.14. The lowest BCUT2D eigenvalue weighted by Gasteiger charge is -2.26. The van der Waals surface area contributed by atoms with Crippen LogP contribution in [-0.2, 0) is 0 Å². The van der Waals surface area contributed by atoms with Gasteiger partial charge < -0.3 is 4.90 Å². The molecule has 0 radical (unpaired) electrons. The summed E-state index contributed by atoms with van der Waals surface area (Å²) in [5.41, 5.74) is 0. The molecule has 0 aromatic rings. The third-order valence-corrected chi connectivity index (χ3v) is 2.76. The quantitative estimate of drug-likeness (QED) is 0.544. The van der Waals surface area contributed by atoms with Crippen LogP contribution in [0.5, 0.6) is 0 Å². The molecule has 2 heteroatoms. The minimum Gasteiger partial charge on any atom is -0.301 e. The van der Waals surface area contributed by atoms with E-state index in [0.29, 0.717) is 12.5 Å². The van der Waals surface area contributed by atoms with Crippen LogP contribution < -0.4 is 0 Å². The highest BCUT2D eigenvalue weighted by molar-refractivity contribution is 4.70. The molecule has 0 rings (SSSR count). The van der Waals surface area contributed by atoms with Gasteiger partial charge in [0.05, 0.1) is 6.07 Å². The first-order valence-electron chi connectivity index (χ1n) is 6.33. The van der Waals surface area contributed by atoms with Crippen LogP contribution in [0, 0.1) is 11.3 Å². The molecule has 0 saturated heterocycles. The van der Waals surface area contributed by atoms with E-state index in [0.717, 1.165) is 19.4 Å². The van der Waals surface area contributed by atoms with Gasteiger partial charge in [0.25, 0.3) is 0 Å². The molecule has 0 aliphatic carbocycles. The lowest BCUT2D eigenvalue weighted by atomic mass is 10.2. The van der Waals surface area contributed by atoms with E-state index in [2.05, 4.69) is 31.7 Å². The predicted molar refractivity (Wildman–Crippen MR) is 65.7 cm³/mol. The van der Waals surface area contributed by atoms with E-state index >= 15 is 0 Å². The van der Waals surface area contributed by atoms with Gasteiger partial charge in [0, 0.05) is 12.5 Å². The Bertz CT molecular complexity index is 170. The van der Waals surface area contributed by atoms with Gasteiger partial charge in [0.15, 0.2) is 0 Å². The Labute approximate surface area is 95.3 Å². The molecule has 0 amide bonds. The number of hydrogen-bond donors (Lipinski definition) is 0. The number of nitriles is 1. The Morgan fingerprint density at radius 1 is 1.07 bits per heavy atom. The summed E-state index contributed by atoms with van der Waals surface area (Å²) < 4.78 is 0. The molecule has 0 aromatic carbocycles. The third-order valence-electron chi connectivity index (χ3n) is 2.76. The Morgan fingerprint density at radius 3 is 2.13 bits per heavy atom. The van der Waals surface area contributed by atoms with Crippen molar-refractivity contribution in [2.24, 2.45) is 0 Å². The maximum atomic E-state index is 8.45. The molecule has 0 atom stereocenters. The summed E-state index contributed by atoms with van der Waals surface area (Å²) in [5.74, 6) is 0. The number of rotatable bonds is 9. The lowest BCUT2D eigenvalue weighted by Crippen LogP contribution is -2.32. The van der Waals surface area contributed by atoms with Gasteiger partial charge in [0.1, 0.15) is 0 Å². The maximum absolute atomic E-state index is 8.45. The highest BCUT2D eigenvalue weighted by Gasteiger charge is 2.07. The molecule has 0 unspecified atom stereocenters. The summed E-state index contributed by atoms with van der Waals surface area (Å²) in [6.07, 6.45) is 6.86. The van der Waals surface area contributed by atoms with E-state index in [-0.39, 0.29) is 0 Å². The third kappa shape index (κ3) is 8.44. The van der Waals surface area contributed by atoms with Crippen molar-refractivity contribution in [3.8, 4) is 6.07 Å². The molecule has 0 aromatic heterocycles. The largest absolute Gasteiger partial charge is 0.301 e. The topological polar surface area (TPSA) is 27.0 Å². The molecular weight excluding hydrogens is 184 g/mol. The van der Waals surface area contributed by atoms with E-state index in [9.17, 15) is 0 Å². The highest BCUT2D eigenvalue weighted by Crippen LogP contribution is 2.06. The predicted octanol–water partition coefficient (Wildman–Crippen LogP) is 3.58. The van der Waals surface area contributed by atoms with Crippen molar-refractivity contribution in [3.63, 3.8) is 0 Å². The van der Waals surface area contributed by atoms with Crippen molar-refractivity contribution in [2.45, 2.75) is 65.3 Å². The summed E-state index contributed by atoms with van der Waals surface area (Å²) in [4.78, 5) is 2.53. The van der Waals surface area contributed by atoms with E-state index in [1.165, 1.54) is 25.8 Å². The second-order valence-corrected chi connectivity index (χ2v) is 4.45. The number of hydrogen-bond acceptors (Lipinski definition) is 2. The van der Waals surface area contributed by atoms with E-state index < -0.39 is 0 Å². The van der Waals surface area contributed by atoms with Crippen molar-refractivity contribution in [1.29, 1.82) is 5.26 Å². The smallest absolute Gasteiger partial charge is 0.0621 e. The van der Waals surface area contributed by atoms with Gasteiger partial charge in [-0.15, -0.1) is 0 Å². The van der Waals surface area contributed by atoms with Crippen LogP contribution in [0.4, 0.5) is 0 Å². The zero-order valence-electron chi connectivity index (χ0n) is 10.6. The average molecular weight is 210 g/mol. The van der Waals surface area contributed by atoms with E-state index in [1.807, 2.05) is 0 Å². The van der Waals surface area contributed by atoms with Crippen LogP contribution in [-0.4, -0.2) is 24.0 Å². The molecule has 15 heavy (non-hydrogen) atoms. The van der Waals surface area contributed by atoms with Crippen LogP contribution in [0.2, 0.25) is 0 Å². The molecule has 0 fully saturated rings. The summed E-state index contributed by atoms with van der Waals surface area (Å²) >= 11 is 0. The second kappa shape index (κ2) is 9.98. The van der Waals surface area contributed by atoms with Crippen LogP contribution in [0.1, 0.15) is 59.3 Å². The van der Waals surface area contributed by atoms with Crippen LogP contribution >= 0.6 is 0 Å². The van der Waals surface area contributed by atoms with Gasteiger partial charge >= 0.3 is 0 Å². The normalized spacial score (nSPS) is 10.9. The van der Waals surface area contributed by atoms with Crippen molar-refractivity contribution >= 4 is 0 Å². The first-order chi connectivity index (χ1) is 7.22. The zero-order chi connectivity index (χ0) is 11.5. The fourth-order valence-electron chi connectivity index (χ4n) is 1.71. The Kier molecular flexibility index (Phi) is 9.62. The Balaban J connectivity index is 3.60. The molecule has 0 saturated carbocycles. The summed E-state index contributed by atoms with van der Waals surface area (Å²) in [7, 11) is 0. The minimum atomic E-state index is 0.643. The average Bonchev–Trinajstić information content (AvgIpc) is 2.21. The SMILES string of the molecule is CCCCCN(CCCCC#N)C(C)C. The zero-order valence-corrected chi connectivity index (χ0v) is 10.6. The molecule has 0 N–H and O–H groups in total. The number of unbranched alkanes of at least 4 members (excludes halogenated alkanes) is 4. The van der Waals surface area contributed by atoms with Crippen molar-refractivity contribution in [1.82, 2.24) is 4.90 Å². The van der Waals surface area contributed by atoms with E-state index in [4.69, 9.17) is 5.26 Å². The van der Waals surface area contributed by atoms with Gasteiger partial charge in [-0.1, -0.05) is 19.8 Å². The molecular formula is C13H26N2. The molecule has 0 spiro atoms. The van der Waals surface area contributed by atoms with Gasteiger partial charge in [-0.25, -0.2) is 0 Å². The van der Waals surface area contributed by atoms with E-state index in [1.54, 1.807) is 0 Å². The van der Waals surface area contributed by atoms with Crippen LogP contribution in [0.15, 0.2) is 0 Å². The summed E-state index contributed by atoms with van der Waals surface area (Å²) in [5, 5.41) is 8.45. The van der Waals surface area contributed by atoms with Gasteiger partial charge in [-0.3, -0.25) is 0 Å². The maximum Gasteiger partial charge on any atom is 0.0621 e. The van der Waals surface area contributed by atoms with Gasteiger partial charge in [-0.2, -0.15) is 5.26 Å². The van der Waals surface area contributed by atoms with Crippen molar-refractivity contribution in [3.05, 3.63) is 0 Å². The first kappa shape index (κ1) is 14.5. The van der Waals surface area contributed by atoms with Gasteiger partial charge in [0.2, 0.25) is 0 Å². The molecule has 0 aliphatic heterocycles. The highest BCUT2D eigenvalue weighted by atomic mass is 15.1. The molecule has 2 nitrogen and oxygen atoms in total. The van der Waals surface area contributed by atoms with Crippen molar-refractivity contribution in [2.75, 3.05) is 13.1 Å². The Morgan fingerprint density at radius 2 is 1.67 bits per heavy atom. The molecule has 88 valence electrons. The number of nitrogens with zero attached hydrogens (tertiary/aromatic N) is 2. The second-order valence-electron chi connectivity index (χ2n) is 4.45.